The maximum Gasteiger partial charge on any atom is 0.0940 e. The topological polar surface area (TPSA) is 60.7 Å². The van der Waals surface area contributed by atoms with E-state index in [1.54, 1.807) is 0 Å². The summed E-state index contributed by atoms with van der Waals surface area (Å²) in [6.45, 7) is 12.4. The number of aliphatic hydroxyl groups excluding tert-OH is 2. The number of aliphatic hydroxyl groups is 3. The van der Waals surface area contributed by atoms with Crippen LogP contribution in [0.25, 0.3) is 0 Å². The van der Waals surface area contributed by atoms with E-state index in [1.165, 1.54) is 0 Å². The molecular formula is C20H32O3. The van der Waals surface area contributed by atoms with Crippen LogP contribution in [0.15, 0.2) is 24.3 Å². The van der Waals surface area contributed by atoms with Crippen LogP contribution in [0, 0.1) is 22.2 Å². The lowest BCUT2D eigenvalue weighted by Gasteiger charge is -2.65. The molecule has 6 atom stereocenters. The predicted molar refractivity (Wildman–Crippen MR) is 91.8 cm³/mol. The molecule has 3 nitrogen and oxygen atoms in total. The van der Waals surface area contributed by atoms with Gasteiger partial charge in [0.25, 0.3) is 0 Å². The van der Waals surface area contributed by atoms with Gasteiger partial charge in [-0.25, -0.2) is 0 Å². The van der Waals surface area contributed by atoms with Crippen LogP contribution in [0.2, 0.25) is 0 Å². The lowest BCUT2D eigenvalue weighted by Crippen LogP contribution is -2.69. The second kappa shape index (κ2) is 4.93. The Morgan fingerprint density at radius 1 is 1.13 bits per heavy atom. The molecule has 0 aromatic carbocycles. The summed E-state index contributed by atoms with van der Waals surface area (Å²) in [7, 11) is 0. The van der Waals surface area contributed by atoms with Crippen LogP contribution in [0.5, 0.6) is 0 Å². The Kier molecular flexibility index (Phi) is 3.69. The van der Waals surface area contributed by atoms with Crippen LogP contribution in [-0.2, 0) is 0 Å². The van der Waals surface area contributed by atoms with Gasteiger partial charge < -0.3 is 15.3 Å². The molecule has 6 unspecified atom stereocenters. The summed E-state index contributed by atoms with van der Waals surface area (Å²) in [5.74, 6) is -0.103. The summed E-state index contributed by atoms with van der Waals surface area (Å²) >= 11 is 0. The normalized spacial score (nSPS) is 52.1. The van der Waals surface area contributed by atoms with Crippen molar-refractivity contribution in [1.82, 2.24) is 0 Å². The van der Waals surface area contributed by atoms with Gasteiger partial charge in [0.1, 0.15) is 0 Å². The lowest BCUT2D eigenvalue weighted by atomic mass is 9.42. The maximum atomic E-state index is 11.7. The van der Waals surface area contributed by atoms with Crippen molar-refractivity contribution in [3.8, 4) is 0 Å². The van der Waals surface area contributed by atoms with Gasteiger partial charge in [-0.15, -0.1) is 6.58 Å². The SMILES string of the molecule is C=CC1(C)C=C2CC(O)C3C(C)(C)CCC(O)C3(C)C2(O)CC1. The van der Waals surface area contributed by atoms with E-state index in [-0.39, 0.29) is 16.7 Å². The molecule has 3 rings (SSSR count). The number of allylic oxidation sites excluding steroid dienone is 2. The summed E-state index contributed by atoms with van der Waals surface area (Å²) < 4.78 is 0. The van der Waals surface area contributed by atoms with Crippen LogP contribution in [0.4, 0.5) is 0 Å². The Labute approximate surface area is 140 Å². The van der Waals surface area contributed by atoms with Gasteiger partial charge in [-0.1, -0.05) is 39.8 Å². The van der Waals surface area contributed by atoms with E-state index in [9.17, 15) is 15.3 Å². The third kappa shape index (κ3) is 2.13. The van der Waals surface area contributed by atoms with Crippen LogP contribution in [0.3, 0.4) is 0 Å². The molecule has 23 heavy (non-hydrogen) atoms. The van der Waals surface area contributed by atoms with E-state index in [4.69, 9.17) is 0 Å². The summed E-state index contributed by atoms with van der Waals surface area (Å²) in [5.41, 5.74) is -1.07. The molecule has 0 bridgehead atoms. The Morgan fingerprint density at radius 3 is 2.39 bits per heavy atom. The number of rotatable bonds is 1. The highest BCUT2D eigenvalue weighted by molar-refractivity contribution is 5.36. The first-order chi connectivity index (χ1) is 10.5. The van der Waals surface area contributed by atoms with E-state index < -0.39 is 23.2 Å². The molecule has 0 saturated heterocycles. The Balaban J connectivity index is 2.16. The van der Waals surface area contributed by atoms with Crippen molar-refractivity contribution in [2.45, 2.75) is 77.6 Å². The van der Waals surface area contributed by atoms with Gasteiger partial charge in [0.2, 0.25) is 0 Å². The van der Waals surface area contributed by atoms with Crippen molar-refractivity contribution in [2.24, 2.45) is 22.2 Å². The molecule has 0 heterocycles. The van der Waals surface area contributed by atoms with E-state index >= 15 is 0 Å². The molecule has 3 heteroatoms. The highest BCUT2D eigenvalue weighted by Gasteiger charge is 2.67. The molecule has 0 radical (unpaired) electrons. The van der Waals surface area contributed by atoms with Gasteiger partial charge in [0.05, 0.1) is 17.8 Å². The molecule has 0 amide bonds. The Bertz CT molecular complexity index is 551. The molecule has 0 spiro atoms. The first-order valence-corrected chi connectivity index (χ1v) is 8.94. The first-order valence-electron chi connectivity index (χ1n) is 8.94. The molecule has 3 aliphatic carbocycles. The van der Waals surface area contributed by atoms with Crippen molar-refractivity contribution in [2.75, 3.05) is 0 Å². The molecule has 2 saturated carbocycles. The standard InChI is InChI=1S/C20H32O3/c1-6-18(4)9-10-20(23)13(12-18)11-14(21)16-17(2,3)8-7-15(22)19(16,20)5/h6,12,14-16,21-23H,1,7-11H2,2-5H3. The zero-order valence-electron chi connectivity index (χ0n) is 15.0. The van der Waals surface area contributed by atoms with E-state index in [1.807, 2.05) is 13.0 Å². The van der Waals surface area contributed by atoms with Crippen molar-refractivity contribution in [1.29, 1.82) is 0 Å². The van der Waals surface area contributed by atoms with Crippen LogP contribution >= 0.6 is 0 Å². The number of hydrogen-bond donors (Lipinski definition) is 3. The third-order valence-electron chi connectivity index (χ3n) is 7.47. The summed E-state index contributed by atoms with van der Waals surface area (Å²) in [6, 6.07) is 0. The molecule has 3 aliphatic rings. The second-order valence-corrected chi connectivity index (χ2v) is 9.31. The molecule has 0 aromatic heterocycles. The predicted octanol–water partition coefficient (Wildman–Crippen LogP) is 3.20. The highest BCUT2D eigenvalue weighted by atomic mass is 16.3. The molecule has 0 aliphatic heterocycles. The minimum absolute atomic E-state index is 0.0894. The van der Waals surface area contributed by atoms with Gasteiger partial charge >= 0.3 is 0 Å². The summed E-state index contributed by atoms with van der Waals surface area (Å²) in [6.07, 6.45) is 6.42. The monoisotopic (exact) mass is 320 g/mol. The van der Waals surface area contributed by atoms with E-state index in [0.717, 1.165) is 18.4 Å². The zero-order valence-corrected chi connectivity index (χ0v) is 15.0. The minimum atomic E-state index is -1.03. The van der Waals surface area contributed by atoms with Crippen LogP contribution in [0.1, 0.15) is 59.8 Å². The Morgan fingerprint density at radius 2 is 1.78 bits per heavy atom. The van der Waals surface area contributed by atoms with E-state index in [2.05, 4.69) is 33.4 Å². The van der Waals surface area contributed by atoms with Gasteiger partial charge in [0, 0.05) is 16.7 Å². The fourth-order valence-corrected chi connectivity index (χ4v) is 5.98. The average Bonchev–Trinajstić information content (AvgIpc) is 2.46. The number of hydrogen-bond acceptors (Lipinski definition) is 3. The highest BCUT2D eigenvalue weighted by Crippen LogP contribution is 2.65. The Hall–Kier alpha value is -0.640. The average molecular weight is 320 g/mol. The molecule has 0 aromatic rings. The lowest BCUT2D eigenvalue weighted by molar-refractivity contribution is -0.241. The molecule has 2 fully saturated rings. The summed E-state index contributed by atoms with van der Waals surface area (Å²) in [5, 5.41) is 33.5. The molecular weight excluding hydrogens is 288 g/mol. The van der Waals surface area contributed by atoms with Crippen molar-refractivity contribution < 1.29 is 15.3 Å². The van der Waals surface area contributed by atoms with E-state index in [0.29, 0.717) is 19.3 Å². The fourth-order valence-electron chi connectivity index (χ4n) is 5.98. The number of fused-ring (bicyclic) bond motifs is 3. The molecule has 3 N–H and O–H groups in total. The summed E-state index contributed by atoms with van der Waals surface area (Å²) in [4.78, 5) is 0. The minimum Gasteiger partial charge on any atom is -0.392 e. The van der Waals surface area contributed by atoms with Crippen molar-refractivity contribution >= 4 is 0 Å². The first kappa shape index (κ1) is 17.2. The van der Waals surface area contributed by atoms with Crippen molar-refractivity contribution in [3.63, 3.8) is 0 Å². The fraction of sp³-hybridized carbons (Fsp3) is 0.800. The van der Waals surface area contributed by atoms with Gasteiger partial charge in [0.15, 0.2) is 0 Å². The van der Waals surface area contributed by atoms with Crippen LogP contribution < -0.4 is 0 Å². The van der Waals surface area contributed by atoms with Gasteiger partial charge in [-0.3, -0.25) is 0 Å². The maximum absolute atomic E-state index is 11.7. The van der Waals surface area contributed by atoms with Crippen LogP contribution in [-0.4, -0.2) is 33.1 Å². The second-order valence-electron chi connectivity index (χ2n) is 9.31. The molecule has 130 valence electrons. The van der Waals surface area contributed by atoms with Gasteiger partial charge in [-0.05, 0) is 43.1 Å². The quantitative estimate of drug-likeness (QED) is 0.650. The van der Waals surface area contributed by atoms with Gasteiger partial charge in [-0.2, -0.15) is 0 Å². The zero-order chi connectivity index (χ0) is 17.3. The third-order valence-corrected chi connectivity index (χ3v) is 7.47. The largest absolute Gasteiger partial charge is 0.392 e. The smallest absolute Gasteiger partial charge is 0.0940 e. The van der Waals surface area contributed by atoms with Crippen molar-refractivity contribution in [3.05, 3.63) is 24.3 Å².